The molecule has 0 spiro atoms. The van der Waals surface area contributed by atoms with Crippen LogP contribution in [0.1, 0.15) is 6.92 Å². The second-order valence-corrected chi connectivity index (χ2v) is 5.77. The largest absolute Gasteiger partial charge is 0.378 e. The van der Waals surface area contributed by atoms with Gasteiger partial charge in [0.2, 0.25) is 11.9 Å². The molecule has 0 aromatic carbocycles. The zero-order valence-corrected chi connectivity index (χ0v) is 13.3. The molecule has 3 rings (SSSR count). The molecule has 7 heteroatoms. The SMILES string of the molecule is CCn1ccnc1N1CCN(CC(=O)N2CCOCC2)CC1. The van der Waals surface area contributed by atoms with Gasteiger partial charge in [-0.2, -0.15) is 0 Å². The quantitative estimate of drug-likeness (QED) is 0.776. The maximum absolute atomic E-state index is 12.3. The zero-order chi connectivity index (χ0) is 15.4. The zero-order valence-electron chi connectivity index (χ0n) is 13.3. The fourth-order valence-corrected chi connectivity index (χ4v) is 3.04. The minimum absolute atomic E-state index is 0.229. The lowest BCUT2D eigenvalue weighted by Crippen LogP contribution is -2.52. The van der Waals surface area contributed by atoms with Crippen LogP contribution in [0.5, 0.6) is 0 Å². The third kappa shape index (κ3) is 3.41. The van der Waals surface area contributed by atoms with Crippen LogP contribution >= 0.6 is 0 Å². The summed E-state index contributed by atoms with van der Waals surface area (Å²) in [6, 6.07) is 0. The van der Waals surface area contributed by atoms with Crippen molar-refractivity contribution in [1.29, 1.82) is 0 Å². The van der Waals surface area contributed by atoms with Crippen molar-refractivity contribution < 1.29 is 9.53 Å². The van der Waals surface area contributed by atoms with Crippen LogP contribution in [0.2, 0.25) is 0 Å². The van der Waals surface area contributed by atoms with Gasteiger partial charge in [-0.3, -0.25) is 9.69 Å². The van der Waals surface area contributed by atoms with Crippen molar-refractivity contribution in [1.82, 2.24) is 19.4 Å². The first kappa shape index (κ1) is 15.3. The van der Waals surface area contributed by atoms with E-state index in [0.29, 0.717) is 19.8 Å². The molecule has 1 amide bonds. The summed E-state index contributed by atoms with van der Waals surface area (Å²) in [5.41, 5.74) is 0. The maximum atomic E-state index is 12.3. The van der Waals surface area contributed by atoms with Gasteiger partial charge in [0.15, 0.2) is 0 Å². The Balaban J connectivity index is 1.48. The molecule has 2 fully saturated rings. The molecule has 22 heavy (non-hydrogen) atoms. The van der Waals surface area contributed by atoms with Gasteiger partial charge in [-0.1, -0.05) is 0 Å². The van der Waals surface area contributed by atoms with E-state index < -0.39 is 0 Å². The summed E-state index contributed by atoms with van der Waals surface area (Å²) in [6.07, 6.45) is 3.87. The Morgan fingerprint density at radius 1 is 1.18 bits per heavy atom. The van der Waals surface area contributed by atoms with Gasteiger partial charge in [0.25, 0.3) is 0 Å². The summed E-state index contributed by atoms with van der Waals surface area (Å²) in [6.45, 7) is 10.0. The number of anilines is 1. The third-order valence-electron chi connectivity index (χ3n) is 4.41. The van der Waals surface area contributed by atoms with Crippen LogP contribution in [0.25, 0.3) is 0 Å². The summed E-state index contributed by atoms with van der Waals surface area (Å²) in [5, 5.41) is 0. The molecule has 0 atom stereocenters. The Bertz CT molecular complexity index is 490. The monoisotopic (exact) mass is 307 g/mol. The molecule has 2 aliphatic rings. The lowest BCUT2D eigenvalue weighted by molar-refractivity contribution is -0.136. The van der Waals surface area contributed by atoms with Gasteiger partial charge >= 0.3 is 0 Å². The van der Waals surface area contributed by atoms with Crippen molar-refractivity contribution in [3.8, 4) is 0 Å². The molecule has 2 aliphatic heterocycles. The molecular formula is C15H25N5O2. The summed E-state index contributed by atoms with van der Waals surface area (Å²) in [5.74, 6) is 1.27. The molecule has 122 valence electrons. The predicted octanol–water partition coefficient (Wildman–Crippen LogP) is -0.116. The van der Waals surface area contributed by atoms with E-state index in [9.17, 15) is 4.79 Å². The van der Waals surface area contributed by atoms with E-state index in [2.05, 4.69) is 26.3 Å². The van der Waals surface area contributed by atoms with E-state index in [1.54, 1.807) is 0 Å². The standard InChI is InChI=1S/C15H25N5O2/c1-2-18-4-3-16-15(18)20-7-5-17(6-8-20)13-14(21)19-9-11-22-12-10-19/h3-4H,2,5-13H2,1H3. The number of hydrogen-bond acceptors (Lipinski definition) is 5. The first-order valence-electron chi connectivity index (χ1n) is 8.12. The number of amides is 1. The van der Waals surface area contributed by atoms with Crippen molar-refractivity contribution in [2.45, 2.75) is 13.5 Å². The van der Waals surface area contributed by atoms with Gasteiger partial charge in [-0.15, -0.1) is 0 Å². The fourth-order valence-electron chi connectivity index (χ4n) is 3.04. The molecule has 0 N–H and O–H groups in total. The fraction of sp³-hybridized carbons (Fsp3) is 0.733. The van der Waals surface area contributed by atoms with E-state index in [1.165, 1.54) is 0 Å². The van der Waals surface area contributed by atoms with Crippen LogP contribution in [-0.2, 0) is 16.1 Å². The minimum atomic E-state index is 0.229. The predicted molar refractivity (Wildman–Crippen MR) is 84.0 cm³/mol. The van der Waals surface area contributed by atoms with Crippen LogP contribution in [-0.4, -0.2) is 84.3 Å². The number of rotatable bonds is 4. The van der Waals surface area contributed by atoms with Gasteiger partial charge in [0.1, 0.15) is 0 Å². The number of aromatic nitrogens is 2. The first-order chi connectivity index (χ1) is 10.8. The molecule has 1 aromatic rings. The van der Waals surface area contributed by atoms with Crippen molar-refractivity contribution in [2.75, 3.05) is 63.9 Å². The van der Waals surface area contributed by atoms with E-state index in [-0.39, 0.29) is 5.91 Å². The van der Waals surface area contributed by atoms with E-state index in [4.69, 9.17) is 4.74 Å². The molecule has 7 nitrogen and oxygen atoms in total. The van der Waals surface area contributed by atoms with Crippen LogP contribution in [0.3, 0.4) is 0 Å². The highest BCUT2D eigenvalue weighted by atomic mass is 16.5. The normalized spacial score (nSPS) is 20.4. The lowest BCUT2D eigenvalue weighted by atomic mass is 10.3. The molecule has 0 saturated carbocycles. The molecule has 1 aromatic heterocycles. The topological polar surface area (TPSA) is 53.8 Å². The smallest absolute Gasteiger partial charge is 0.236 e. The number of imidazole rings is 1. The van der Waals surface area contributed by atoms with Crippen LogP contribution in [0.4, 0.5) is 5.95 Å². The second-order valence-electron chi connectivity index (χ2n) is 5.77. The first-order valence-corrected chi connectivity index (χ1v) is 8.12. The van der Waals surface area contributed by atoms with Crippen LogP contribution < -0.4 is 4.90 Å². The molecule has 0 unspecified atom stereocenters. The highest BCUT2D eigenvalue weighted by molar-refractivity contribution is 5.78. The molecular weight excluding hydrogens is 282 g/mol. The van der Waals surface area contributed by atoms with Crippen molar-refractivity contribution in [3.63, 3.8) is 0 Å². The highest BCUT2D eigenvalue weighted by Gasteiger charge is 2.24. The second kappa shape index (κ2) is 7.11. The Labute approximate surface area is 131 Å². The van der Waals surface area contributed by atoms with E-state index in [0.717, 1.165) is 51.8 Å². The number of carbonyl (C=O) groups is 1. The van der Waals surface area contributed by atoms with Gasteiger partial charge in [-0.25, -0.2) is 4.98 Å². The van der Waals surface area contributed by atoms with Gasteiger partial charge in [0.05, 0.1) is 19.8 Å². The summed E-state index contributed by atoms with van der Waals surface area (Å²) in [4.78, 5) is 23.2. The molecule has 3 heterocycles. The number of carbonyl (C=O) groups excluding carboxylic acids is 1. The van der Waals surface area contributed by atoms with E-state index in [1.807, 2.05) is 17.3 Å². The third-order valence-corrected chi connectivity index (χ3v) is 4.41. The number of morpholine rings is 1. The average molecular weight is 307 g/mol. The van der Waals surface area contributed by atoms with Crippen molar-refractivity contribution in [3.05, 3.63) is 12.4 Å². The molecule has 2 saturated heterocycles. The lowest BCUT2D eigenvalue weighted by Gasteiger charge is -2.36. The number of ether oxygens (including phenoxy) is 1. The number of aryl methyl sites for hydroxylation is 1. The van der Waals surface area contributed by atoms with Crippen LogP contribution in [0.15, 0.2) is 12.4 Å². The Hall–Kier alpha value is -1.60. The van der Waals surface area contributed by atoms with Gasteiger partial charge in [-0.05, 0) is 6.92 Å². The summed E-state index contributed by atoms with van der Waals surface area (Å²) >= 11 is 0. The number of hydrogen-bond donors (Lipinski definition) is 0. The Kier molecular flexibility index (Phi) is 4.94. The maximum Gasteiger partial charge on any atom is 0.236 e. The van der Waals surface area contributed by atoms with E-state index >= 15 is 0 Å². The summed E-state index contributed by atoms with van der Waals surface area (Å²) < 4.78 is 7.45. The number of nitrogens with zero attached hydrogens (tertiary/aromatic N) is 5. The van der Waals surface area contributed by atoms with Crippen molar-refractivity contribution >= 4 is 11.9 Å². The summed E-state index contributed by atoms with van der Waals surface area (Å²) in [7, 11) is 0. The van der Waals surface area contributed by atoms with Gasteiger partial charge < -0.3 is 19.1 Å². The van der Waals surface area contributed by atoms with Crippen LogP contribution in [0, 0.1) is 0 Å². The van der Waals surface area contributed by atoms with Crippen molar-refractivity contribution in [2.24, 2.45) is 0 Å². The minimum Gasteiger partial charge on any atom is -0.378 e. The molecule has 0 bridgehead atoms. The Morgan fingerprint density at radius 2 is 1.91 bits per heavy atom. The number of piperazine rings is 1. The van der Waals surface area contributed by atoms with Gasteiger partial charge in [0, 0.05) is 58.2 Å². The molecule has 0 radical (unpaired) electrons. The molecule has 0 aliphatic carbocycles. The highest BCUT2D eigenvalue weighted by Crippen LogP contribution is 2.14. The Morgan fingerprint density at radius 3 is 2.59 bits per heavy atom. The average Bonchev–Trinajstić information content (AvgIpc) is 3.05.